The Labute approximate surface area is 141 Å². The lowest BCUT2D eigenvalue weighted by atomic mass is 10.0. The molecule has 7 heteroatoms. The highest BCUT2D eigenvalue weighted by molar-refractivity contribution is 9.10. The van der Waals surface area contributed by atoms with Crippen LogP contribution in [-0.4, -0.2) is 44.7 Å². The van der Waals surface area contributed by atoms with Crippen LogP contribution in [0.5, 0.6) is 0 Å². The van der Waals surface area contributed by atoms with Crippen molar-refractivity contribution in [1.29, 1.82) is 0 Å². The van der Waals surface area contributed by atoms with Gasteiger partial charge in [0.15, 0.2) is 9.84 Å². The van der Waals surface area contributed by atoms with Crippen molar-refractivity contribution in [3.63, 3.8) is 0 Å². The van der Waals surface area contributed by atoms with Gasteiger partial charge in [0.1, 0.15) is 0 Å². The molecule has 1 aliphatic rings. The molecule has 2 N–H and O–H groups in total. The van der Waals surface area contributed by atoms with Gasteiger partial charge in [-0.1, -0.05) is 15.9 Å². The fourth-order valence-electron chi connectivity index (χ4n) is 2.50. The Morgan fingerprint density at radius 2 is 2.00 bits per heavy atom. The zero-order chi connectivity index (χ0) is 14.8. The molecule has 2 unspecified atom stereocenters. The van der Waals surface area contributed by atoms with Gasteiger partial charge in [0.05, 0.1) is 10.6 Å². The Morgan fingerprint density at radius 3 is 2.52 bits per heavy atom. The van der Waals surface area contributed by atoms with E-state index in [1.54, 1.807) is 24.3 Å². The van der Waals surface area contributed by atoms with Gasteiger partial charge in [-0.3, -0.25) is 0 Å². The molecule has 0 spiro atoms. The zero-order valence-electron chi connectivity index (χ0n) is 12.0. The van der Waals surface area contributed by atoms with Gasteiger partial charge < -0.3 is 10.6 Å². The summed E-state index contributed by atoms with van der Waals surface area (Å²) in [5.74, 6) is 0.658. The largest absolute Gasteiger partial charge is 0.328 e. The fraction of sp³-hybridized carbons (Fsp3) is 0.571. The minimum Gasteiger partial charge on any atom is -0.328 e. The topological polar surface area (TPSA) is 63.4 Å². The van der Waals surface area contributed by atoms with Crippen LogP contribution in [0, 0.1) is 5.92 Å². The van der Waals surface area contributed by atoms with Crippen LogP contribution in [0.3, 0.4) is 0 Å². The van der Waals surface area contributed by atoms with Crippen molar-refractivity contribution in [2.24, 2.45) is 11.7 Å². The van der Waals surface area contributed by atoms with Crippen LogP contribution in [0.25, 0.3) is 0 Å². The van der Waals surface area contributed by atoms with E-state index in [1.807, 2.05) is 6.92 Å². The van der Waals surface area contributed by atoms with Gasteiger partial charge >= 0.3 is 0 Å². The third-order valence-corrected chi connectivity index (χ3v) is 6.14. The van der Waals surface area contributed by atoms with Crippen molar-refractivity contribution >= 4 is 38.2 Å². The number of nitrogens with two attached hydrogens (primary N) is 1. The SMILES string of the molecule is CC(N)C1CCN(CCS(=O)(=O)c2ccc(Br)cc2)C1.Cl. The molecule has 1 aliphatic heterocycles. The number of hydrogen-bond acceptors (Lipinski definition) is 4. The Kier molecular flexibility index (Phi) is 7.13. The van der Waals surface area contributed by atoms with Crippen LogP contribution >= 0.6 is 28.3 Å². The van der Waals surface area contributed by atoms with Crippen LogP contribution in [0.2, 0.25) is 0 Å². The molecular formula is C14H22BrClN2O2S. The molecule has 1 saturated heterocycles. The normalized spacial score (nSPS) is 21.0. The van der Waals surface area contributed by atoms with Crippen molar-refractivity contribution in [2.45, 2.75) is 24.3 Å². The molecular weight excluding hydrogens is 376 g/mol. The fourth-order valence-corrected chi connectivity index (χ4v) is 4.05. The van der Waals surface area contributed by atoms with Gasteiger partial charge in [-0.25, -0.2) is 8.42 Å². The Hall–Kier alpha value is -0.140. The predicted octanol–water partition coefficient (Wildman–Crippen LogP) is 2.31. The molecule has 0 radical (unpaired) electrons. The first-order valence-corrected chi connectivity index (χ1v) is 9.29. The lowest BCUT2D eigenvalue weighted by molar-refractivity contribution is 0.332. The molecule has 0 amide bonds. The molecule has 1 aromatic carbocycles. The monoisotopic (exact) mass is 396 g/mol. The lowest BCUT2D eigenvalue weighted by Crippen LogP contribution is -2.32. The average Bonchev–Trinajstić information content (AvgIpc) is 2.86. The standard InChI is InChI=1S/C14H21BrN2O2S.ClH/c1-11(16)12-6-7-17(10-12)8-9-20(18,19)14-4-2-13(15)3-5-14;/h2-5,11-12H,6-10,16H2,1H3;1H. The van der Waals surface area contributed by atoms with Crippen molar-refractivity contribution in [3.8, 4) is 0 Å². The van der Waals surface area contributed by atoms with E-state index in [-0.39, 0.29) is 24.2 Å². The number of rotatable bonds is 5. The summed E-state index contributed by atoms with van der Waals surface area (Å²) in [5, 5.41) is 0. The smallest absolute Gasteiger partial charge is 0.179 e. The van der Waals surface area contributed by atoms with Gasteiger partial charge in [0.25, 0.3) is 0 Å². The van der Waals surface area contributed by atoms with Gasteiger partial charge in [0, 0.05) is 23.6 Å². The molecule has 21 heavy (non-hydrogen) atoms. The average molecular weight is 398 g/mol. The third-order valence-electron chi connectivity index (χ3n) is 3.90. The number of benzene rings is 1. The van der Waals surface area contributed by atoms with Crippen LogP contribution in [0.1, 0.15) is 13.3 Å². The van der Waals surface area contributed by atoms with Gasteiger partial charge in [-0.05, 0) is 50.1 Å². The third kappa shape index (κ3) is 5.21. The van der Waals surface area contributed by atoms with Crippen LogP contribution < -0.4 is 5.73 Å². The Morgan fingerprint density at radius 1 is 1.38 bits per heavy atom. The lowest BCUT2D eigenvalue weighted by Gasteiger charge is -2.17. The number of halogens is 2. The summed E-state index contributed by atoms with van der Waals surface area (Å²) < 4.78 is 25.4. The molecule has 2 atom stereocenters. The summed E-state index contributed by atoms with van der Waals surface area (Å²) >= 11 is 3.31. The second-order valence-electron chi connectivity index (χ2n) is 5.48. The summed E-state index contributed by atoms with van der Waals surface area (Å²) in [5.41, 5.74) is 5.90. The summed E-state index contributed by atoms with van der Waals surface area (Å²) in [6.45, 7) is 4.46. The predicted molar refractivity (Wildman–Crippen MR) is 91.6 cm³/mol. The van der Waals surface area contributed by atoms with Crippen molar-refractivity contribution in [1.82, 2.24) is 4.90 Å². The molecule has 0 bridgehead atoms. The van der Waals surface area contributed by atoms with Crippen LogP contribution in [0.15, 0.2) is 33.6 Å². The van der Waals surface area contributed by atoms with Crippen molar-refractivity contribution < 1.29 is 8.42 Å². The van der Waals surface area contributed by atoms with Crippen LogP contribution in [0.4, 0.5) is 0 Å². The molecule has 1 fully saturated rings. The quantitative estimate of drug-likeness (QED) is 0.828. The number of likely N-dealkylation sites (tertiary alicyclic amines) is 1. The number of nitrogens with zero attached hydrogens (tertiary/aromatic N) is 1. The summed E-state index contributed by atoms with van der Waals surface area (Å²) in [6.07, 6.45) is 1.07. The van der Waals surface area contributed by atoms with E-state index in [1.165, 1.54) is 0 Å². The van der Waals surface area contributed by atoms with E-state index >= 15 is 0 Å². The van der Waals surface area contributed by atoms with Gasteiger partial charge in [-0.15, -0.1) is 12.4 Å². The molecule has 0 aliphatic carbocycles. The van der Waals surface area contributed by atoms with E-state index in [0.29, 0.717) is 17.4 Å². The van der Waals surface area contributed by atoms with E-state index in [4.69, 9.17) is 5.73 Å². The minimum atomic E-state index is -3.20. The highest BCUT2D eigenvalue weighted by Crippen LogP contribution is 2.20. The molecule has 1 heterocycles. The minimum absolute atomic E-state index is 0. The summed E-state index contributed by atoms with van der Waals surface area (Å²) in [6, 6.07) is 6.99. The maximum atomic E-state index is 12.2. The first-order chi connectivity index (χ1) is 9.38. The van der Waals surface area contributed by atoms with Crippen LogP contribution in [-0.2, 0) is 9.84 Å². The Balaban J connectivity index is 0.00000220. The van der Waals surface area contributed by atoms with Crippen molar-refractivity contribution in [3.05, 3.63) is 28.7 Å². The zero-order valence-corrected chi connectivity index (χ0v) is 15.3. The molecule has 0 aromatic heterocycles. The second kappa shape index (κ2) is 7.92. The number of sulfone groups is 1. The van der Waals surface area contributed by atoms with E-state index in [9.17, 15) is 8.42 Å². The molecule has 0 saturated carbocycles. The first-order valence-electron chi connectivity index (χ1n) is 6.85. The van der Waals surface area contributed by atoms with Crippen molar-refractivity contribution in [2.75, 3.05) is 25.4 Å². The molecule has 2 rings (SSSR count). The Bertz CT molecular complexity index is 549. The summed E-state index contributed by atoms with van der Waals surface area (Å²) in [4.78, 5) is 2.59. The number of hydrogen-bond donors (Lipinski definition) is 1. The van der Waals surface area contributed by atoms with Gasteiger partial charge in [0.2, 0.25) is 0 Å². The maximum absolute atomic E-state index is 12.2. The highest BCUT2D eigenvalue weighted by atomic mass is 79.9. The second-order valence-corrected chi connectivity index (χ2v) is 8.51. The van der Waals surface area contributed by atoms with E-state index in [2.05, 4.69) is 20.8 Å². The molecule has 4 nitrogen and oxygen atoms in total. The van der Waals surface area contributed by atoms with Gasteiger partial charge in [-0.2, -0.15) is 0 Å². The molecule has 120 valence electrons. The van der Waals surface area contributed by atoms with E-state index in [0.717, 1.165) is 24.0 Å². The van der Waals surface area contributed by atoms with E-state index < -0.39 is 9.84 Å². The first kappa shape index (κ1) is 18.9. The summed E-state index contributed by atoms with van der Waals surface area (Å²) in [7, 11) is -3.20. The maximum Gasteiger partial charge on any atom is 0.179 e. The highest BCUT2D eigenvalue weighted by Gasteiger charge is 2.26. The molecule has 1 aromatic rings.